The molecule has 5 atom stereocenters. The molecule has 84 valence electrons. The van der Waals surface area contributed by atoms with E-state index >= 15 is 0 Å². The van der Waals surface area contributed by atoms with E-state index in [1.807, 2.05) is 0 Å². The Balaban J connectivity index is 4.29. The minimum absolute atomic E-state index is 0.0219. The van der Waals surface area contributed by atoms with E-state index < -0.39 is 37.1 Å². The van der Waals surface area contributed by atoms with Gasteiger partial charge in [0, 0.05) is 0 Å². The summed E-state index contributed by atoms with van der Waals surface area (Å²) in [4.78, 5) is 10.00. The van der Waals surface area contributed by atoms with Crippen LogP contribution in [0.1, 0.15) is 0 Å². The van der Waals surface area contributed by atoms with Gasteiger partial charge in [-0.1, -0.05) is 0 Å². The zero-order chi connectivity index (χ0) is 11.3. The maximum Gasteiger partial charge on any atom is 0.151 e. The minimum Gasteiger partial charge on any atom is -0.394 e. The van der Waals surface area contributed by atoms with Crippen molar-refractivity contribution in [3.8, 4) is 0 Å². The van der Waals surface area contributed by atoms with E-state index in [0.717, 1.165) is 0 Å². The van der Waals surface area contributed by atoms with Gasteiger partial charge in [0.2, 0.25) is 0 Å². The fourth-order valence-corrected chi connectivity index (χ4v) is 0.820. The fourth-order valence-electron chi connectivity index (χ4n) is 0.820. The quantitative estimate of drug-likeness (QED) is 0.245. The molecule has 0 aliphatic carbocycles. The van der Waals surface area contributed by atoms with E-state index in [-0.39, 0.29) is 6.29 Å². The zero-order valence-electron chi connectivity index (χ0n) is 7.26. The van der Waals surface area contributed by atoms with Crippen LogP contribution in [0.5, 0.6) is 0 Å². The normalized spacial score (nSPS) is 22.1. The summed E-state index contributed by atoms with van der Waals surface area (Å²) < 4.78 is 0. The number of hydrogen-bond donors (Lipinski definition) is 6. The average molecular weight is 210 g/mol. The topological polar surface area (TPSA) is 138 Å². The van der Waals surface area contributed by atoms with Gasteiger partial charge in [0.25, 0.3) is 0 Å². The molecule has 7 nitrogen and oxygen atoms in total. The number of carbonyl (C=O) groups is 1. The van der Waals surface area contributed by atoms with Gasteiger partial charge in [-0.2, -0.15) is 0 Å². The lowest BCUT2D eigenvalue weighted by Gasteiger charge is -2.26. The third-order valence-corrected chi connectivity index (χ3v) is 1.77. The highest BCUT2D eigenvalue weighted by molar-refractivity contribution is 5.56. The summed E-state index contributed by atoms with van der Waals surface area (Å²) >= 11 is 0. The molecular weight excluding hydrogens is 196 g/mol. The summed E-state index contributed by atoms with van der Waals surface area (Å²) in [6.45, 7) is -0.817. The van der Waals surface area contributed by atoms with Crippen LogP contribution < -0.4 is 0 Å². The maximum absolute atomic E-state index is 10.00. The third kappa shape index (κ3) is 3.29. The zero-order valence-corrected chi connectivity index (χ0v) is 7.26. The van der Waals surface area contributed by atoms with Crippen LogP contribution in [0, 0.1) is 0 Å². The molecular formula is C7H14O7. The Morgan fingerprint density at radius 2 is 1.43 bits per heavy atom. The molecule has 0 radical (unpaired) electrons. The van der Waals surface area contributed by atoms with Crippen molar-refractivity contribution in [3.05, 3.63) is 0 Å². The van der Waals surface area contributed by atoms with Gasteiger partial charge >= 0.3 is 0 Å². The second-order valence-corrected chi connectivity index (χ2v) is 2.85. The Labute approximate surface area is 79.9 Å². The molecule has 0 saturated carbocycles. The van der Waals surface area contributed by atoms with Gasteiger partial charge in [0.05, 0.1) is 6.61 Å². The lowest BCUT2D eigenvalue weighted by molar-refractivity contribution is -0.147. The predicted molar refractivity (Wildman–Crippen MR) is 43.2 cm³/mol. The van der Waals surface area contributed by atoms with E-state index in [4.69, 9.17) is 30.6 Å². The molecule has 0 fully saturated rings. The number of aldehydes is 1. The summed E-state index contributed by atoms with van der Waals surface area (Å²) in [5.74, 6) is 0. The van der Waals surface area contributed by atoms with Gasteiger partial charge < -0.3 is 35.4 Å². The molecule has 0 aliphatic heterocycles. The Bertz CT molecular complexity index is 173. The summed E-state index contributed by atoms with van der Waals surface area (Å²) in [5, 5.41) is 53.2. The van der Waals surface area contributed by atoms with Crippen molar-refractivity contribution in [2.75, 3.05) is 6.61 Å². The van der Waals surface area contributed by atoms with E-state index in [2.05, 4.69) is 0 Å². The van der Waals surface area contributed by atoms with Gasteiger partial charge in [-0.15, -0.1) is 0 Å². The van der Waals surface area contributed by atoms with Crippen LogP contribution in [0.4, 0.5) is 0 Å². The van der Waals surface area contributed by atoms with Crippen LogP contribution in [-0.4, -0.2) is 74.1 Å². The molecule has 0 rings (SSSR count). The molecule has 0 saturated heterocycles. The predicted octanol–water partition coefficient (Wildman–Crippen LogP) is -4.02. The van der Waals surface area contributed by atoms with Crippen LogP contribution in [0.3, 0.4) is 0 Å². The minimum atomic E-state index is -1.92. The van der Waals surface area contributed by atoms with E-state index in [1.54, 1.807) is 0 Å². The standard InChI is InChI=1S/C7H14O7/c8-1-3(10)5(12)7(14)6(13)4(11)2-9/h1,3-7,9-14H,2H2/t3-,4-,5-,6+,7+/m1/s1. The highest BCUT2D eigenvalue weighted by Crippen LogP contribution is 2.07. The van der Waals surface area contributed by atoms with Crippen LogP contribution in [0.2, 0.25) is 0 Å². The first-order valence-corrected chi connectivity index (χ1v) is 3.92. The second-order valence-electron chi connectivity index (χ2n) is 2.85. The van der Waals surface area contributed by atoms with E-state index in [1.165, 1.54) is 0 Å². The first-order chi connectivity index (χ1) is 6.45. The van der Waals surface area contributed by atoms with Crippen molar-refractivity contribution in [2.45, 2.75) is 30.5 Å². The van der Waals surface area contributed by atoms with Gasteiger partial charge in [-0.05, 0) is 0 Å². The highest BCUT2D eigenvalue weighted by Gasteiger charge is 2.33. The molecule has 0 heterocycles. The van der Waals surface area contributed by atoms with Crippen molar-refractivity contribution in [3.63, 3.8) is 0 Å². The average Bonchev–Trinajstić information content (AvgIpc) is 2.23. The molecule has 0 amide bonds. The van der Waals surface area contributed by atoms with Crippen molar-refractivity contribution >= 4 is 6.29 Å². The van der Waals surface area contributed by atoms with Crippen molar-refractivity contribution in [2.24, 2.45) is 0 Å². The molecule has 0 bridgehead atoms. The van der Waals surface area contributed by atoms with E-state index in [0.29, 0.717) is 0 Å². The SMILES string of the molecule is O=C[C@@H](O)[C@@H](O)[C@H](O)[C@@H](O)[C@H](O)CO. The first-order valence-electron chi connectivity index (χ1n) is 3.92. The Morgan fingerprint density at radius 3 is 1.79 bits per heavy atom. The Hall–Kier alpha value is -0.570. The van der Waals surface area contributed by atoms with Gasteiger partial charge in [0.1, 0.15) is 30.5 Å². The monoisotopic (exact) mass is 210 g/mol. The molecule has 6 N–H and O–H groups in total. The first kappa shape index (κ1) is 13.4. The number of aliphatic hydroxyl groups excluding tert-OH is 6. The maximum atomic E-state index is 10.00. The smallest absolute Gasteiger partial charge is 0.151 e. The largest absolute Gasteiger partial charge is 0.394 e. The van der Waals surface area contributed by atoms with Crippen LogP contribution in [0.25, 0.3) is 0 Å². The van der Waals surface area contributed by atoms with E-state index in [9.17, 15) is 4.79 Å². The lowest BCUT2D eigenvalue weighted by atomic mass is 10.0. The fraction of sp³-hybridized carbons (Fsp3) is 0.857. The summed E-state index contributed by atoms with van der Waals surface area (Å²) in [6, 6.07) is 0. The summed E-state index contributed by atoms with van der Waals surface area (Å²) in [6.07, 6.45) is -9.21. The lowest BCUT2D eigenvalue weighted by Crippen LogP contribution is -2.50. The third-order valence-electron chi connectivity index (χ3n) is 1.77. The van der Waals surface area contributed by atoms with Crippen molar-refractivity contribution in [1.29, 1.82) is 0 Å². The van der Waals surface area contributed by atoms with Gasteiger partial charge in [0.15, 0.2) is 6.29 Å². The number of aliphatic hydroxyl groups is 6. The number of hydrogen-bond acceptors (Lipinski definition) is 7. The van der Waals surface area contributed by atoms with Crippen LogP contribution >= 0.6 is 0 Å². The van der Waals surface area contributed by atoms with Crippen LogP contribution in [-0.2, 0) is 4.79 Å². The molecule has 0 aromatic heterocycles. The molecule has 0 aromatic rings. The van der Waals surface area contributed by atoms with Gasteiger partial charge in [-0.25, -0.2) is 0 Å². The molecule has 14 heavy (non-hydrogen) atoms. The van der Waals surface area contributed by atoms with Crippen molar-refractivity contribution in [1.82, 2.24) is 0 Å². The van der Waals surface area contributed by atoms with Gasteiger partial charge in [-0.3, -0.25) is 0 Å². The van der Waals surface area contributed by atoms with Crippen LogP contribution in [0.15, 0.2) is 0 Å². The number of rotatable bonds is 6. The molecule has 0 aliphatic rings. The molecule has 7 heteroatoms. The molecule has 0 aromatic carbocycles. The summed E-state index contributed by atoms with van der Waals surface area (Å²) in [7, 11) is 0. The second kappa shape index (κ2) is 6.02. The number of carbonyl (C=O) groups excluding carboxylic acids is 1. The Morgan fingerprint density at radius 1 is 0.929 bits per heavy atom. The summed E-state index contributed by atoms with van der Waals surface area (Å²) in [5.41, 5.74) is 0. The molecule has 0 unspecified atom stereocenters. The highest BCUT2D eigenvalue weighted by atomic mass is 16.4. The Kier molecular flexibility index (Phi) is 5.77. The van der Waals surface area contributed by atoms with Crippen molar-refractivity contribution < 1.29 is 35.4 Å². The molecule has 0 spiro atoms.